The van der Waals surface area contributed by atoms with Gasteiger partial charge in [-0.2, -0.15) is 0 Å². The van der Waals surface area contributed by atoms with Gasteiger partial charge in [0.15, 0.2) is 0 Å². The number of esters is 1. The Balaban J connectivity index is 1.49. The van der Waals surface area contributed by atoms with Crippen molar-refractivity contribution in [3.63, 3.8) is 0 Å². The van der Waals surface area contributed by atoms with E-state index >= 15 is 0 Å². The van der Waals surface area contributed by atoms with Gasteiger partial charge in [-0.1, -0.05) is 62.4 Å². The number of amides is 5. The number of imide groups is 1. The van der Waals surface area contributed by atoms with Crippen molar-refractivity contribution in [1.29, 1.82) is 0 Å². The Bertz CT molecular complexity index is 1150. The summed E-state index contributed by atoms with van der Waals surface area (Å²) in [5, 5.41) is 7.96. The number of piperidine rings is 1. The second kappa shape index (κ2) is 14.8. The van der Waals surface area contributed by atoms with Crippen LogP contribution in [0.2, 0.25) is 0 Å². The summed E-state index contributed by atoms with van der Waals surface area (Å²) in [5.74, 6) is -3.15. The van der Waals surface area contributed by atoms with Gasteiger partial charge in [-0.25, -0.2) is 9.59 Å². The number of ether oxygens (including phenoxy) is 2. The number of nitrogens with one attached hydrogen (secondary N) is 3. The van der Waals surface area contributed by atoms with Gasteiger partial charge < -0.3 is 25.4 Å². The van der Waals surface area contributed by atoms with Crippen LogP contribution in [0.25, 0.3) is 0 Å². The lowest BCUT2D eigenvalue weighted by Gasteiger charge is -2.38. The molecule has 0 aromatic heterocycles. The molecule has 0 radical (unpaired) electrons. The van der Waals surface area contributed by atoms with Crippen molar-refractivity contribution >= 4 is 35.7 Å². The molecule has 12 heteroatoms. The van der Waals surface area contributed by atoms with Gasteiger partial charge in [-0.3, -0.25) is 24.1 Å². The Hall–Kier alpha value is -3.96. The van der Waals surface area contributed by atoms with E-state index in [1.807, 2.05) is 18.2 Å². The molecular weight excluding hydrogens is 544 g/mol. The van der Waals surface area contributed by atoms with E-state index in [4.69, 9.17) is 9.47 Å². The first-order valence-corrected chi connectivity index (χ1v) is 14.8. The molecule has 0 spiro atoms. The highest BCUT2D eigenvalue weighted by molar-refractivity contribution is 6.05. The number of hydrogen-bond donors (Lipinski definition) is 3. The lowest BCUT2D eigenvalue weighted by atomic mass is 9.83. The topological polar surface area (TPSA) is 160 Å². The maximum Gasteiger partial charge on any atom is 0.408 e. The molecule has 4 atom stereocenters. The number of methoxy groups -OCH3 is 1. The van der Waals surface area contributed by atoms with E-state index in [0.29, 0.717) is 13.0 Å². The lowest BCUT2D eigenvalue weighted by molar-refractivity contribution is -0.157. The van der Waals surface area contributed by atoms with E-state index in [9.17, 15) is 28.8 Å². The molecule has 2 heterocycles. The third-order valence-electron chi connectivity index (χ3n) is 8.34. The van der Waals surface area contributed by atoms with Gasteiger partial charge in [0.1, 0.15) is 24.7 Å². The van der Waals surface area contributed by atoms with Crippen molar-refractivity contribution < 1.29 is 38.2 Å². The smallest absolute Gasteiger partial charge is 0.408 e. The molecule has 228 valence electrons. The molecule has 4 rings (SSSR count). The van der Waals surface area contributed by atoms with Crippen molar-refractivity contribution in [3.05, 3.63) is 35.9 Å². The second-order valence-corrected chi connectivity index (χ2v) is 11.3. The zero-order chi connectivity index (χ0) is 30.1. The monoisotopic (exact) mass is 584 g/mol. The molecule has 3 N–H and O–H groups in total. The normalized spacial score (nSPS) is 22.6. The highest BCUT2D eigenvalue weighted by Gasteiger charge is 2.44. The number of likely N-dealkylation sites (tertiary alicyclic amines) is 1. The van der Waals surface area contributed by atoms with Crippen LogP contribution in [0.3, 0.4) is 0 Å². The molecule has 42 heavy (non-hydrogen) atoms. The van der Waals surface area contributed by atoms with Crippen LogP contribution in [0.1, 0.15) is 69.8 Å². The van der Waals surface area contributed by atoms with Crippen LogP contribution >= 0.6 is 0 Å². The fraction of sp³-hybridized carbons (Fsp3) is 0.600. The van der Waals surface area contributed by atoms with Crippen LogP contribution in [-0.2, 0) is 40.1 Å². The van der Waals surface area contributed by atoms with Crippen LogP contribution in [0.15, 0.2) is 30.3 Å². The first-order chi connectivity index (χ1) is 20.3. The summed E-state index contributed by atoms with van der Waals surface area (Å²) in [4.78, 5) is 78.9. The maximum atomic E-state index is 13.8. The molecule has 1 saturated carbocycles. The van der Waals surface area contributed by atoms with Crippen LogP contribution in [0.4, 0.5) is 4.79 Å². The second-order valence-electron chi connectivity index (χ2n) is 11.3. The van der Waals surface area contributed by atoms with Crippen molar-refractivity contribution in [1.82, 2.24) is 20.9 Å². The number of benzene rings is 1. The molecule has 3 fully saturated rings. The first kappa shape index (κ1) is 31.0. The molecule has 1 aromatic carbocycles. The van der Waals surface area contributed by atoms with Gasteiger partial charge in [-0.05, 0) is 37.2 Å². The number of hydrogen-bond acceptors (Lipinski definition) is 8. The molecule has 1 aliphatic carbocycles. The molecule has 4 unspecified atom stereocenters. The van der Waals surface area contributed by atoms with Gasteiger partial charge in [0, 0.05) is 18.9 Å². The maximum absolute atomic E-state index is 13.8. The minimum absolute atomic E-state index is 0.0108. The van der Waals surface area contributed by atoms with E-state index in [1.54, 1.807) is 12.1 Å². The SMILES string of the molecule is COC(=O)C(CC1CCNC1=O)NC(=O)C(CC1CCCCC1)N1C(=O)CCC(NC(=O)OCc2ccccc2)C1=O. The van der Waals surface area contributed by atoms with E-state index in [0.717, 1.165) is 42.6 Å². The number of alkyl carbamates (subject to hydrolysis) is 1. The third-order valence-corrected chi connectivity index (χ3v) is 8.34. The van der Waals surface area contributed by atoms with Gasteiger partial charge in [0.2, 0.25) is 17.7 Å². The molecule has 2 aliphatic heterocycles. The number of rotatable bonds is 11. The third kappa shape index (κ3) is 8.07. The molecule has 12 nitrogen and oxygen atoms in total. The van der Waals surface area contributed by atoms with Crippen LogP contribution in [0, 0.1) is 11.8 Å². The largest absolute Gasteiger partial charge is 0.467 e. The summed E-state index contributed by atoms with van der Waals surface area (Å²) in [6, 6.07) is 5.72. The van der Waals surface area contributed by atoms with Gasteiger partial charge >= 0.3 is 12.1 Å². The Morgan fingerprint density at radius 3 is 2.40 bits per heavy atom. The summed E-state index contributed by atoms with van der Waals surface area (Å²) < 4.78 is 10.2. The van der Waals surface area contributed by atoms with Crippen LogP contribution < -0.4 is 16.0 Å². The Kier molecular flexibility index (Phi) is 10.9. The minimum atomic E-state index is -1.18. The predicted octanol–water partition coefficient (Wildman–Crippen LogP) is 1.95. The predicted molar refractivity (Wildman–Crippen MR) is 149 cm³/mol. The van der Waals surface area contributed by atoms with E-state index in [2.05, 4.69) is 16.0 Å². The molecular formula is C30H40N4O8. The molecule has 2 saturated heterocycles. The Morgan fingerprint density at radius 2 is 1.74 bits per heavy atom. The molecule has 3 aliphatic rings. The Labute approximate surface area is 245 Å². The quantitative estimate of drug-likeness (QED) is 0.263. The standard InChI is InChI=1S/C30H40N4O8/c1-41-29(39)23(17-21-14-15-31-26(21)36)32-27(37)24(16-19-8-4-2-5-9-19)34-25(35)13-12-22(28(34)38)33-30(40)42-18-20-10-6-3-7-11-20/h3,6-7,10-11,19,21-24H,2,4-5,8-9,12-18H2,1H3,(H,31,36)(H,32,37)(H,33,40). The highest BCUT2D eigenvalue weighted by atomic mass is 16.5. The minimum Gasteiger partial charge on any atom is -0.467 e. The van der Waals surface area contributed by atoms with Gasteiger partial charge in [0.25, 0.3) is 5.91 Å². The van der Waals surface area contributed by atoms with Crippen LogP contribution in [-0.4, -0.2) is 72.4 Å². The van der Waals surface area contributed by atoms with Gasteiger partial charge in [0.05, 0.1) is 7.11 Å². The fourth-order valence-corrected chi connectivity index (χ4v) is 6.02. The van der Waals surface area contributed by atoms with Crippen molar-refractivity contribution in [3.8, 4) is 0 Å². The highest BCUT2D eigenvalue weighted by Crippen LogP contribution is 2.30. The summed E-state index contributed by atoms with van der Waals surface area (Å²) in [6.45, 7) is 0.492. The summed E-state index contributed by atoms with van der Waals surface area (Å²) in [7, 11) is 1.19. The van der Waals surface area contributed by atoms with Crippen molar-refractivity contribution in [2.75, 3.05) is 13.7 Å². The lowest BCUT2D eigenvalue weighted by Crippen LogP contribution is -2.62. The van der Waals surface area contributed by atoms with E-state index < -0.39 is 53.8 Å². The van der Waals surface area contributed by atoms with Gasteiger partial charge in [-0.15, -0.1) is 0 Å². The van der Waals surface area contributed by atoms with Crippen molar-refractivity contribution in [2.45, 2.75) is 88.9 Å². The summed E-state index contributed by atoms with van der Waals surface area (Å²) in [5.41, 5.74) is 0.777. The van der Waals surface area contributed by atoms with E-state index in [-0.39, 0.29) is 44.1 Å². The van der Waals surface area contributed by atoms with Crippen molar-refractivity contribution in [2.24, 2.45) is 11.8 Å². The number of nitrogens with zero attached hydrogens (tertiary/aromatic N) is 1. The number of carbonyl (C=O) groups is 6. The zero-order valence-corrected chi connectivity index (χ0v) is 24.0. The number of carbonyl (C=O) groups excluding carboxylic acids is 6. The van der Waals surface area contributed by atoms with Crippen LogP contribution in [0.5, 0.6) is 0 Å². The Morgan fingerprint density at radius 1 is 1.00 bits per heavy atom. The summed E-state index contributed by atoms with van der Waals surface area (Å²) in [6.07, 6.45) is 4.80. The fourth-order valence-electron chi connectivity index (χ4n) is 6.02. The molecule has 5 amide bonds. The molecule has 0 bridgehead atoms. The molecule has 1 aromatic rings. The average Bonchev–Trinajstić information content (AvgIpc) is 3.41. The first-order valence-electron chi connectivity index (χ1n) is 14.8. The average molecular weight is 585 g/mol. The zero-order valence-electron chi connectivity index (χ0n) is 24.0. The van der Waals surface area contributed by atoms with E-state index in [1.165, 1.54) is 7.11 Å². The summed E-state index contributed by atoms with van der Waals surface area (Å²) >= 11 is 0.